The molecule has 152 valence electrons. The normalized spacial score (nSPS) is 26.8. The lowest BCUT2D eigenvalue weighted by Gasteiger charge is -2.35. The number of carbonyl (C=O) groups excluding carboxylic acids is 1. The van der Waals surface area contributed by atoms with E-state index in [4.69, 9.17) is 0 Å². The Kier molecular flexibility index (Phi) is 4.83. The maximum Gasteiger partial charge on any atom is 0.233 e. The third kappa shape index (κ3) is 3.67. The van der Waals surface area contributed by atoms with Gasteiger partial charge in [-0.1, -0.05) is 17.8 Å². The van der Waals surface area contributed by atoms with E-state index >= 15 is 0 Å². The third-order valence-corrected chi connectivity index (χ3v) is 7.18. The Bertz CT molecular complexity index is 1020. The van der Waals surface area contributed by atoms with Gasteiger partial charge in [-0.25, -0.2) is 9.97 Å². The van der Waals surface area contributed by atoms with Gasteiger partial charge in [0.2, 0.25) is 5.91 Å². The molecule has 1 aromatic carbocycles. The smallest absolute Gasteiger partial charge is 0.233 e. The van der Waals surface area contributed by atoms with Gasteiger partial charge in [0.15, 0.2) is 5.16 Å². The highest BCUT2D eigenvalue weighted by Crippen LogP contribution is 2.41. The lowest BCUT2D eigenvalue weighted by Crippen LogP contribution is -2.35. The molecule has 1 aliphatic carbocycles. The summed E-state index contributed by atoms with van der Waals surface area (Å²) >= 11 is 1.46. The molecule has 4 atom stereocenters. The van der Waals surface area contributed by atoms with Gasteiger partial charge >= 0.3 is 0 Å². The molecule has 1 saturated heterocycles. The van der Waals surface area contributed by atoms with Gasteiger partial charge in [0, 0.05) is 25.5 Å². The van der Waals surface area contributed by atoms with Crippen molar-refractivity contribution >= 4 is 28.7 Å². The lowest BCUT2D eigenvalue weighted by atomic mass is 9.77. The Balaban J connectivity index is 1.20. The number of benzene rings is 1. The molecule has 8 heteroatoms. The van der Waals surface area contributed by atoms with E-state index in [1.165, 1.54) is 17.3 Å². The quantitative estimate of drug-likeness (QED) is 0.645. The molecular weight excluding hydrogens is 386 g/mol. The molecule has 5 rings (SSSR count). The number of carbonyl (C=O) groups is 1. The van der Waals surface area contributed by atoms with Crippen LogP contribution >= 0.6 is 11.8 Å². The number of aliphatic hydroxyl groups excluding tert-OH is 1. The summed E-state index contributed by atoms with van der Waals surface area (Å²) in [7, 11) is 0. The summed E-state index contributed by atoms with van der Waals surface area (Å²) in [6.07, 6.45) is 6.69. The van der Waals surface area contributed by atoms with Gasteiger partial charge in [-0.2, -0.15) is 0 Å². The van der Waals surface area contributed by atoms with Gasteiger partial charge in [-0.3, -0.25) is 4.79 Å². The Morgan fingerprint density at radius 3 is 2.93 bits per heavy atom. The number of aliphatic hydroxyl groups is 1. The van der Waals surface area contributed by atoms with E-state index in [-0.39, 0.29) is 18.1 Å². The predicted molar refractivity (Wildman–Crippen MR) is 112 cm³/mol. The number of thioether (sulfide) groups is 1. The Morgan fingerprint density at radius 2 is 2.14 bits per heavy atom. The molecule has 1 aliphatic heterocycles. The highest BCUT2D eigenvalue weighted by atomic mass is 32.2. The van der Waals surface area contributed by atoms with Crippen LogP contribution in [-0.4, -0.2) is 60.4 Å². The first-order valence-corrected chi connectivity index (χ1v) is 11.1. The zero-order chi connectivity index (χ0) is 20.0. The molecule has 0 radical (unpaired) electrons. The zero-order valence-electron chi connectivity index (χ0n) is 16.4. The minimum atomic E-state index is -0.381. The van der Waals surface area contributed by atoms with E-state index < -0.39 is 0 Å². The molecule has 1 saturated carbocycles. The van der Waals surface area contributed by atoms with Crippen LogP contribution in [0.15, 0.2) is 42.1 Å². The maximum absolute atomic E-state index is 12.8. The summed E-state index contributed by atoms with van der Waals surface area (Å²) in [5, 5.41) is 11.4. The fourth-order valence-electron chi connectivity index (χ4n) is 4.79. The molecule has 2 aliphatic rings. The highest BCUT2D eigenvalue weighted by Gasteiger charge is 2.43. The third-order valence-electron chi connectivity index (χ3n) is 6.32. The number of H-pyrrole nitrogens is 1. The summed E-state index contributed by atoms with van der Waals surface area (Å²) in [5.74, 6) is 1.35. The Labute approximate surface area is 173 Å². The molecule has 7 nitrogen and oxygen atoms in total. The van der Waals surface area contributed by atoms with Crippen LogP contribution < -0.4 is 0 Å². The van der Waals surface area contributed by atoms with Crippen molar-refractivity contribution in [2.45, 2.75) is 37.1 Å². The summed E-state index contributed by atoms with van der Waals surface area (Å²) in [5.41, 5.74) is 3.12. The summed E-state index contributed by atoms with van der Waals surface area (Å²) in [4.78, 5) is 26.8. The monoisotopic (exact) mass is 411 g/mol. The minimum Gasteiger partial charge on any atom is -0.391 e. The van der Waals surface area contributed by atoms with Gasteiger partial charge in [0.1, 0.15) is 0 Å². The first-order chi connectivity index (χ1) is 14.1. The SMILES string of the molecule is Cc1ccc2nc(SCC(=O)N3C[C@H]4C[C@@H](n5ccnc5)[C@H](O)C[C@H]4C3)[nH]c2c1. The van der Waals surface area contributed by atoms with Crippen molar-refractivity contribution in [2.24, 2.45) is 11.8 Å². The molecule has 29 heavy (non-hydrogen) atoms. The zero-order valence-corrected chi connectivity index (χ0v) is 17.2. The van der Waals surface area contributed by atoms with Crippen LogP contribution in [0.1, 0.15) is 24.4 Å². The Morgan fingerprint density at radius 1 is 1.31 bits per heavy atom. The first-order valence-electron chi connectivity index (χ1n) is 10.1. The molecular formula is C21H25N5O2S. The number of rotatable bonds is 4. The lowest BCUT2D eigenvalue weighted by molar-refractivity contribution is -0.127. The molecule has 0 bridgehead atoms. The fraction of sp³-hybridized carbons (Fsp3) is 0.476. The number of imidazole rings is 2. The van der Waals surface area contributed by atoms with E-state index in [1.807, 2.05) is 27.8 Å². The van der Waals surface area contributed by atoms with Crippen molar-refractivity contribution in [1.82, 2.24) is 24.4 Å². The number of hydrogen-bond acceptors (Lipinski definition) is 5. The number of nitrogens with zero attached hydrogens (tertiary/aromatic N) is 4. The standard InChI is InChI=1S/C21H25N5O2S/c1-13-2-3-16-17(6-13)24-21(23-16)29-11-20(28)26-9-14-7-18(25-5-4-22-12-25)19(27)8-15(14)10-26/h2-6,12,14-15,18-19,27H,7-11H2,1H3,(H,23,24)/t14-,15+,18-,19-/m1/s1. The first kappa shape index (κ1) is 18.7. The average Bonchev–Trinajstić information content (AvgIpc) is 3.43. The molecule has 3 aromatic rings. The van der Waals surface area contributed by atoms with Crippen LogP contribution in [0.4, 0.5) is 0 Å². The second-order valence-electron chi connectivity index (χ2n) is 8.29. The number of hydrogen-bond donors (Lipinski definition) is 2. The highest BCUT2D eigenvalue weighted by molar-refractivity contribution is 7.99. The van der Waals surface area contributed by atoms with Crippen molar-refractivity contribution in [3.05, 3.63) is 42.5 Å². The van der Waals surface area contributed by atoms with Gasteiger partial charge in [0.25, 0.3) is 0 Å². The molecule has 0 unspecified atom stereocenters. The second-order valence-corrected chi connectivity index (χ2v) is 9.25. The molecule has 2 aromatic heterocycles. The number of aryl methyl sites for hydroxylation is 1. The van der Waals surface area contributed by atoms with E-state index in [2.05, 4.69) is 27.9 Å². The predicted octanol–water partition coefficient (Wildman–Crippen LogP) is 2.63. The average molecular weight is 412 g/mol. The van der Waals surface area contributed by atoms with E-state index in [1.54, 1.807) is 12.5 Å². The summed E-state index contributed by atoms with van der Waals surface area (Å²) in [6, 6.07) is 6.17. The maximum atomic E-state index is 12.8. The van der Waals surface area contributed by atoms with E-state index in [0.717, 1.165) is 42.1 Å². The Hall–Kier alpha value is -2.32. The van der Waals surface area contributed by atoms with Crippen molar-refractivity contribution in [1.29, 1.82) is 0 Å². The van der Waals surface area contributed by atoms with E-state index in [0.29, 0.717) is 17.6 Å². The molecule has 3 heterocycles. The number of aromatic nitrogens is 4. The van der Waals surface area contributed by atoms with Crippen LogP contribution in [0, 0.1) is 18.8 Å². The van der Waals surface area contributed by atoms with Gasteiger partial charge in [-0.05, 0) is 49.3 Å². The van der Waals surface area contributed by atoms with Crippen LogP contribution in [0.5, 0.6) is 0 Å². The largest absolute Gasteiger partial charge is 0.391 e. The molecule has 1 amide bonds. The van der Waals surface area contributed by atoms with Crippen LogP contribution in [-0.2, 0) is 4.79 Å². The number of fused-ring (bicyclic) bond motifs is 2. The molecule has 2 N–H and O–H groups in total. The summed E-state index contributed by atoms with van der Waals surface area (Å²) in [6.45, 7) is 3.58. The number of nitrogens with one attached hydrogen (secondary N) is 1. The van der Waals surface area contributed by atoms with Gasteiger partial charge < -0.3 is 19.6 Å². The molecule has 2 fully saturated rings. The number of likely N-dealkylation sites (tertiary alicyclic amines) is 1. The summed E-state index contributed by atoms with van der Waals surface area (Å²) < 4.78 is 2.00. The van der Waals surface area contributed by atoms with Crippen molar-refractivity contribution in [3.8, 4) is 0 Å². The van der Waals surface area contributed by atoms with Gasteiger partial charge in [0.05, 0.1) is 35.3 Å². The molecule has 0 spiro atoms. The second kappa shape index (κ2) is 7.50. The van der Waals surface area contributed by atoms with Crippen molar-refractivity contribution in [2.75, 3.05) is 18.8 Å². The number of amides is 1. The number of aromatic amines is 1. The van der Waals surface area contributed by atoms with Crippen LogP contribution in [0.3, 0.4) is 0 Å². The van der Waals surface area contributed by atoms with Gasteiger partial charge in [-0.15, -0.1) is 0 Å². The van der Waals surface area contributed by atoms with Crippen molar-refractivity contribution < 1.29 is 9.90 Å². The van der Waals surface area contributed by atoms with E-state index in [9.17, 15) is 9.90 Å². The van der Waals surface area contributed by atoms with Crippen LogP contribution in [0.25, 0.3) is 11.0 Å². The topological polar surface area (TPSA) is 87.0 Å². The fourth-order valence-corrected chi connectivity index (χ4v) is 5.57. The van der Waals surface area contributed by atoms with Crippen molar-refractivity contribution in [3.63, 3.8) is 0 Å². The minimum absolute atomic E-state index is 0.0576. The van der Waals surface area contributed by atoms with Crippen LogP contribution in [0.2, 0.25) is 0 Å².